The minimum Gasteiger partial charge on any atom is -0.361 e. The lowest BCUT2D eigenvalue weighted by Crippen LogP contribution is -2.34. The second-order valence-electron chi connectivity index (χ2n) is 6.22. The van der Waals surface area contributed by atoms with Gasteiger partial charge in [0.05, 0.1) is 11.1 Å². The van der Waals surface area contributed by atoms with Gasteiger partial charge in [0.2, 0.25) is 0 Å². The van der Waals surface area contributed by atoms with Gasteiger partial charge in [-0.25, -0.2) is 9.18 Å². The Morgan fingerprint density at radius 2 is 2.25 bits per heavy atom. The van der Waals surface area contributed by atoms with Gasteiger partial charge in [0.1, 0.15) is 17.3 Å². The first-order valence-electron chi connectivity index (χ1n) is 7.95. The van der Waals surface area contributed by atoms with E-state index < -0.39 is 5.82 Å². The molecular weight excluding hydrogens is 333 g/mol. The van der Waals surface area contributed by atoms with Crippen molar-refractivity contribution in [2.24, 2.45) is 0 Å². The molecule has 1 saturated heterocycles. The maximum atomic E-state index is 13.2. The summed E-state index contributed by atoms with van der Waals surface area (Å²) in [4.78, 5) is 14.3. The number of likely N-dealkylation sites (tertiary alicyclic amines) is 1. The molecule has 0 aliphatic carbocycles. The number of urea groups is 1. The zero-order valence-electron chi connectivity index (χ0n) is 13.6. The third-order valence-electron chi connectivity index (χ3n) is 4.14. The lowest BCUT2D eigenvalue weighted by Gasteiger charge is -2.23. The average Bonchev–Trinajstić information content (AvgIpc) is 3.18. The van der Waals surface area contributed by atoms with Gasteiger partial charge in [-0.3, -0.25) is 0 Å². The molecule has 1 N–H and O–H groups in total. The highest BCUT2D eigenvalue weighted by molar-refractivity contribution is 6.31. The van der Waals surface area contributed by atoms with E-state index in [9.17, 15) is 9.18 Å². The van der Waals surface area contributed by atoms with Crippen LogP contribution in [0.4, 0.5) is 14.9 Å². The molecule has 1 aliphatic rings. The number of benzene rings is 1. The summed E-state index contributed by atoms with van der Waals surface area (Å²) in [6.07, 6.45) is 1.73. The smallest absolute Gasteiger partial charge is 0.322 e. The van der Waals surface area contributed by atoms with Gasteiger partial charge in [-0.15, -0.1) is 0 Å². The Bertz CT molecular complexity index is 747. The summed E-state index contributed by atoms with van der Waals surface area (Å²) in [5.41, 5.74) is 1.23. The van der Waals surface area contributed by atoms with Crippen LogP contribution in [-0.2, 0) is 0 Å². The Morgan fingerprint density at radius 1 is 1.46 bits per heavy atom. The normalized spacial score (nSPS) is 17.5. The predicted octanol–water partition coefficient (Wildman–Crippen LogP) is 4.96. The summed E-state index contributed by atoms with van der Waals surface area (Å²) in [7, 11) is 0. The molecule has 1 aromatic heterocycles. The lowest BCUT2D eigenvalue weighted by molar-refractivity contribution is 0.204. The molecule has 1 aromatic carbocycles. The van der Waals surface area contributed by atoms with Crippen molar-refractivity contribution in [3.8, 4) is 0 Å². The summed E-state index contributed by atoms with van der Waals surface area (Å²) in [5, 5.41) is 6.85. The first-order valence-corrected chi connectivity index (χ1v) is 8.32. The lowest BCUT2D eigenvalue weighted by atomic mass is 10.1. The molecule has 0 radical (unpaired) electrons. The van der Waals surface area contributed by atoms with Crippen LogP contribution in [0.25, 0.3) is 0 Å². The molecular formula is C17H19ClFN3O2. The monoisotopic (exact) mass is 351 g/mol. The second-order valence-corrected chi connectivity index (χ2v) is 6.63. The third kappa shape index (κ3) is 3.38. The Labute approximate surface area is 144 Å². The van der Waals surface area contributed by atoms with Crippen molar-refractivity contribution in [1.29, 1.82) is 0 Å². The minimum absolute atomic E-state index is 0.0242. The van der Waals surface area contributed by atoms with Gasteiger partial charge >= 0.3 is 6.03 Å². The first-order chi connectivity index (χ1) is 11.5. The molecule has 5 nitrogen and oxygen atoms in total. The third-order valence-corrected chi connectivity index (χ3v) is 4.43. The van der Waals surface area contributed by atoms with Crippen LogP contribution in [0, 0.1) is 5.82 Å². The van der Waals surface area contributed by atoms with Crippen molar-refractivity contribution in [1.82, 2.24) is 10.1 Å². The van der Waals surface area contributed by atoms with Crippen LogP contribution < -0.4 is 5.32 Å². The Morgan fingerprint density at radius 3 is 2.92 bits per heavy atom. The predicted molar refractivity (Wildman–Crippen MR) is 89.7 cm³/mol. The standard InChI is InChI=1S/C17H19ClFN3O2/c1-10(2)16-9-14(21-24-16)15-4-3-7-22(15)17(23)20-11-5-6-13(19)12(18)8-11/h5-6,8-10,15H,3-4,7H2,1-2H3,(H,20,23)/t15-/m1/s1. The molecule has 1 atom stereocenters. The summed E-state index contributed by atoms with van der Waals surface area (Å²) in [6, 6.07) is 5.65. The Hall–Kier alpha value is -2.08. The number of amides is 2. The van der Waals surface area contributed by atoms with E-state index in [0.29, 0.717) is 12.2 Å². The van der Waals surface area contributed by atoms with Crippen LogP contribution in [0.2, 0.25) is 5.02 Å². The molecule has 1 aliphatic heterocycles. The fourth-order valence-electron chi connectivity index (χ4n) is 2.82. The highest BCUT2D eigenvalue weighted by Gasteiger charge is 2.32. The van der Waals surface area contributed by atoms with Crippen molar-refractivity contribution in [3.05, 3.63) is 46.6 Å². The van der Waals surface area contributed by atoms with Gasteiger partial charge < -0.3 is 14.7 Å². The Balaban J connectivity index is 1.74. The molecule has 0 unspecified atom stereocenters. The van der Waals surface area contributed by atoms with Crippen LogP contribution in [0.1, 0.15) is 50.1 Å². The number of nitrogens with one attached hydrogen (secondary N) is 1. The quantitative estimate of drug-likeness (QED) is 0.850. The molecule has 24 heavy (non-hydrogen) atoms. The summed E-state index contributed by atoms with van der Waals surface area (Å²) < 4.78 is 18.6. The van der Waals surface area contributed by atoms with Crippen molar-refractivity contribution >= 4 is 23.3 Å². The summed E-state index contributed by atoms with van der Waals surface area (Å²) in [6.45, 7) is 4.69. The second kappa shape index (κ2) is 6.81. The fraction of sp³-hybridized carbons (Fsp3) is 0.412. The highest BCUT2D eigenvalue weighted by atomic mass is 35.5. The maximum Gasteiger partial charge on any atom is 0.322 e. The van der Waals surface area contributed by atoms with Gasteiger partial charge in [-0.1, -0.05) is 30.6 Å². The number of halogens is 2. The van der Waals surface area contributed by atoms with Crippen LogP contribution in [0.5, 0.6) is 0 Å². The molecule has 2 amide bonds. The van der Waals surface area contributed by atoms with Crippen molar-refractivity contribution in [2.45, 2.75) is 38.6 Å². The fourth-order valence-corrected chi connectivity index (χ4v) is 3.00. The first kappa shape index (κ1) is 16.8. The number of nitrogens with zero attached hydrogens (tertiary/aromatic N) is 2. The molecule has 3 rings (SSSR count). The van der Waals surface area contributed by atoms with Gasteiger partial charge in [-0.05, 0) is 31.0 Å². The molecule has 7 heteroatoms. The zero-order chi connectivity index (χ0) is 17.3. The number of carbonyl (C=O) groups is 1. The number of rotatable bonds is 3. The zero-order valence-corrected chi connectivity index (χ0v) is 14.3. The van der Waals surface area contributed by atoms with Gasteiger partial charge in [0.15, 0.2) is 0 Å². The molecule has 0 bridgehead atoms. The molecule has 2 heterocycles. The SMILES string of the molecule is CC(C)c1cc([C@H]2CCCN2C(=O)Nc2ccc(F)c(Cl)c2)no1. The number of aromatic nitrogens is 1. The van der Waals surface area contributed by atoms with E-state index in [1.165, 1.54) is 18.2 Å². The molecule has 1 fully saturated rings. The van der Waals surface area contributed by atoms with E-state index in [1.807, 2.05) is 19.9 Å². The largest absolute Gasteiger partial charge is 0.361 e. The van der Waals surface area contributed by atoms with E-state index >= 15 is 0 Å². The average molecular weight is 352 g/mol. The highest BCUT2D eigenvalue weighted by Crippen LogP contribution is 2.33. The topological polar surface area (TPSA) is 58.4 Å². The van der Waals surface area contributed by atoms with Gasteiger partial charge in [0, 0.05) is 24.2 Å². The van der Waals surface area contributed by atoms with Crippen LogP contribution >= 0.6 is 11.6 Å². The van der Waals surface area contributed by atoms with E-state index in [2.05, 4.69) is 10.5 Å². The molecule has 128 valence electrons. The summed E-state index contributed by atoms with van der Waals surface area (Å²) >= 11 is 5.75. The van der Waals surface area contributed by atoms with Crippen LogP contribution in [0.15, 0.2) is 28.8 Å². The van der Waals surface area contributed by atoms with Crippen molar-refractivity contribution in [2.75, 3.05) is 11.9 Å². The van der Waals surface area contributed by atoms with E-state index in [0.717, 1.165) is 24.3 Å². The van der Waals surface area contributed by atoms with Gasteiger partial charge in [0.25, 0.3) is 0 Å². The molecule has 2 aromatic rings. The number of carbonyl (C=O) groups excluding carboxylic acids is 1. The van der Waals surface area contributed by atoms with Crippen LogP contribution in [-0.4, -0.2) is 22.6 Å². The van der Waals surface area contributed by atoms with E-state index in [4.69, 9.17) is 16.1 Å². The summed E-state index contributed by atoms with van der Waals surface area (Å²) in [5.74, 6) is 0.538. The van der Waals surface area contributed by atoms with Gasteiger partial charge in [-0.2, -0.15) is 0 Å². The van der Waals surface area contributed by atoms with Crippen molar-refractivity contribution < 1.29 is 13.7 Å². The minimum atomic E-state index is -0.516. The van der Waals surface area contributed by atoms with Crippen molar-refractivity contribution in [3.63, 3.8) is 0 Å². The number of hydrogen-bond acceptors (Lipinski definition) is 3. The molecule has 0 spiro atoms. The number of hydrogen-bond donors (Lipinski definition) is 1. The van der Waals surface area contributed by atoms with E-state index in [1.54, 1.807) is 4.90 Å². The van der Waals surface area contributed by atoms with E-state index in [-0.39, 0.29) is 23.0 Å². The Kier molecular flexibility index (Phi) is 4.76. The number of anilines is 1. The molecule has 0 saturated carbocycles. The van der Waals surface area contributed by atoms with Crippen LogP contribution in [0.3, 0.4) is 0 Å². The maximum absolute atomic E-state index is 13.2.